The highest BCUT2D eigenvalue weighted by molar-refractivity contribution is 7.16. The molecule has 0 saturated carbocycles. The molecule has 0 unspecified atom stereocenters. The zero-order valence-corrected chi connectivity index (χ0v) is 26.3. The molecule has 1 N–H and O–H groups in total. The van der Waals surface area contributed by atoms with Crippen LogP contribution in [0.1, 0.15) is 66.0 Å². The number of fused-ring (bicyclic) bond motifs is 1. The highest BCUT2D eigenvalue weighted by Crippen LogP contribution is 2.45. The molecular formula is C35H37N3O5S. The molecule has 1 amide bonds. The van der Waals surface area contributed by atoms with E-state index in [9.17, 15) is 14.9 Å². The van der Waals surface area contributed by atoms with E-state index >= 15 is 0 Å². The Morgan fingerprint density at radius 3 is 2.50 bits per heavy atom. The maximum absolute atomic E-state index is 13.6. The molecule has 4 aromatic rings. The van der Waals surface area contributed by atoms with Crippen LogP contribution in [-0.4, -0.2) is 23.7 Å². The molecule has 8 nitrogen and oxygen atoms in total. The summed E-state index contributed by atoms with van der Waals surface area (Å²) < 4.78 is 11.9. The van der Waals surface area contributed by atoms with Crippen LogP contribution in [0, 0.1) is 21.4 Å². The van der Waals surface area contributed by atoms with Crippen molar-refractivity contribution < 1.29 is 19.2 Å². The van der Waals surface area contributed by atoms with Gasteiger partial charge in [0.1, 0.15) is 11.6 Å². The number of benzene rings is 3. The number of hydrogen-bond acceptors (Lipinski definition) is 7. The van der Waals surface area contributed by atoms with E-state index in [-0.39, 0.29) is 23.6 Å². The van der Waals surface area contributed by atoms with Crippen LogP contribution >= 0.6 is 11.3 Å². The number of nitro benzene ring substituents is 1. The summed E-state index contributed by atoms with van der Waals surface area (Å²) in [5.41, 5.74) is 4.36. The first-order valence-electron chi connectivity index (χ1n) is 14.8. The van der Waals surface area contributed by atoms with Crippen molar-refractivity contribution in [3.8, 4) is 11.5 Å². The number of rotatable bonds is 10. The average Bonchev–Trinajstić information content (AvgIpc) is 3.38. The van der Waals surface area contributed by atoms with E-state index in [1.807, 2.05) is 55.5 Å². The molecule has 0 spiro atoms. The molecule has 1 aliphatic rings. The summed E-state index contributed by atoms with van der Waals surface area (Å²) in [4.78, 5) is 30.2. The summed E-state index contributed by atoms with van der Waals surface area (Å²) in [6.45, 7) is 9.45. The Balaban J connectivity index is 1.40. The zero-order chi connectivity index (χ0) is 31.3. The molecule has 9 heteroatoms. The Labute approximate surface area is 261 Å². The predicted octanol–water partition coefficient (Wildman–Crippen LogP) is 8.79. The first-order valence-corrected chi connectivity index (χ1v) is 15.6. The molecule has 0 aliphatic heterocycles. The molecule has 3 aromatic carbocycles. The Kier molecular flexibility index (Phi) is 9.44. The van der Waals surface area contributed by atoms with Crippen LogP contribution in [0.25, 0.3) is 0 Å². The van der Waals surface area contributed by atoms with E-state index in [4.69, 9.17) is 14.5 Å². The van der Waals surface area contributed by atoms with Crippen LogP contribution in [-0.2, 0) is 19.4 Å². The third kappa shape index (κ3) is 7.34. The largest absolute Gasteiger partial charge is 0.490 e. The summed E-state index contributed by atoms with van der Waals surface area (Å²) in [5.74, 6) is 1.53. The lowest BCUT2D eigenvalue weighted by Crippen LogP contribution is -2.27. The van der Waals surface area contributed by atoms with Gasteiger partial charge in [-0.3, -0.25) is 14.9 Å². The number of carbonyl (C=O) groups excluding carboxylic acids is 1. The molecule has 44 heavy (non-hydrogen) atoms. The molecule has 0 fully saturated rings. The summed E-state index contributed by atoms with van der Waals surface area (Å²) >= 11 is 1.61. The summed E-state index contributed by atoms with van der Waals surface area (Å²) in [7, 11) is 0. The number of thiophene rings is 1. The van der Waals surface area contributed by atoms with Crippen LogP contribution in [0.2, 0.25) is 0 Å². The van der Waals surface area contributed by atoms with Gasteiger partial charge < -0.3 is 14.8 Å². The zero-order valence-electron chi connectivity index (χ0n) is 25.5. The van der Waals surface area contributed by atoms with Gasteiger partial charge in [0, 0.05) is 28.9 Å². The van der Waals surface area contributed by atoms with Gasteiger partial charge in [0.25, 0.3) is 11.6 Å². The maximum atomic E-state index is 13.6. The van der Waals surface area contributed by atoms with Crippen molar-refractivity contribution in [2.24, 2.45) is 16.3 Å². The minimum Gasteiger partial charge on any atom is -0.490 e. The Morgan fingerprint density at radius 2 is 1.82 bits per heavy atom. The van der Waals surface area contributed by atoms with Gasteiger partial charge >= 0.3 is 0 Å². The van der Waals surface area contributed by atoms with Crippen molar-refractivity contribution in [3.05, 3.63) is 110 Å². The molecule has 1 aliphatic carbocycles. The number of hydrogen-bond donors (Lipinski definition) is 1. The molecule has 0 saturated heterocycles. The molecule has 1 heterocycles. The van der Waals surface area contributed by atoms with Crippen molar-refractivity contribution in [2.45, 2.75) is 53.6 Å². The van der Waals surface area contributed by atoms with Gasteiger partial charge in [-0.2, -0.15) is 0 Å². The third-order valence-electron chi connectivity index (χ3n) is 7.87. The number of non-ortho nitro benzene ring substituents is 1. The van der Waals surface area contributed by atoms with Gasteiger partial charge in [0.2, 0.25) is 0 Å². The van der Waals surface area contributed by atoms with Crippen molar-refractivity contribution in [3.63, 3.8) is 0 Å². The normalized spacial score (nSPS) is 14.7. The summed E-state index contributed by atoms with van der Waals surface area (Å²) in [6, 6.07) is 21.4. The molecular weight excluding hydrogens is 574 g/mol. The molecule has 1 atom stereocenters. The average molecular weight is 612 g/mol. The van der Waals surface area contributed by atoms with Gasteiger partial charge in [0.15, 0.2) is 11.5 Å². The second-order valence-electron chi connectivity index (χ2n) is 11.9. The Bertz CT molecular complexity index is 1660. The van der Waals surface area contributed by atoms with E-state index in [1.165, 1.54) is 17.0 Å². The monoisotopic (exact) mass is 611 g/mol. The maximum Gasteiger partial charge on any atom is 0.269 e. The molecule has 1 aromatic heterocycles. The number of ether oxygens (including phenoxy) is 2. The van der Waals surface area contributed by atoms with Crippen LogP contribution in [0.4, 0.5) is 16.4 Å². The van der Waals surface area contributed by atoms with Crippen LogP contribution in [0.15, 0.2) is 77.8 Å². The lowest BCUT2D eigenvalue weighted by molar-refractivity contribution is -0.384. The second-order valence-corrected chi connectivity index (χ2v) is 13.0. The second kappa shape index (κ2) is 13.4. The van der Waals surface area contributed by atoms with E-state index < -0.39 is 4.92 Å². The van der Waals surface area contributed by atoms with Crippen molar-refractivity contribution in [1.29, 1.82) is 0 Å². The fraction of sp³-hybridized carbons (Fsp3) is 0.314. The number of nitrogens with zero attached hydrogens (tertiary/aromatic N) is 2. The minimum atomic E-state index is -0.426. The Hall–Kier alpha value is -4.50. The SMILES string of the molecule is CCOc1cc(C=Nc2sc3c(c2C(=O)Nc2ccccc2)CC[C@@H](C(C)(C)C)C3)ccc1OCc1ccc([N+](=O)[O-])cc1. The van der Waals surface area contributed by atoms with Crippen molar-refractivity contribution in [1.82, 2.24) is 0 Å². The summed E-state index contributed by atoms with van der Waals surface area (Å²) in [6.07, 6.45) is 4.61. The number of anilines is 1. The fourth-order valence-electron chi connectivity index (χ4n) is 5.35. The first kappa shape index (κ1) is 30.9. The van der Waals surface area contributed by atoms with Crippen LogP contribution in [0.5, 0.6) is 11.5 Å². The van der Waals surface area contributed by atoms with E-state index in [2.05, 4.69) is 26.1 Å². The standard InChI is InChI=1S/C35H37N3O5S/c1-5-42-30-19-24(13-18-29(30)43-22-23-11-15-27(16-12-23)38(40)41)21-36-34-32(33(39)37-26-9-7-6-8-10-26)28-17-14-25(35(2,3)4)20-31(28)44-34/h6-13,15-16,18-19,21,25H,5,14,17,20,22H2,1-4H3,(H,37,39)/t25-/m1/s1. The van der Waals surface area contributed by atoms with E-state index in [0.717, 1.165) is 41.6 Å². The Morgan fingerprint density at radius 1 is 1.07 bits per heavy atom. The summed E-state index contributed by atoms with van der Waals surface area (Å²) in [5, 5.41) is 14.7. The number of nitro groups is 1. The van der Waals surface area contributed by atoms with Gasteiger partial charge in [-0.1, -0.05) is 39.0 Å². The topological polar surface area (TPSA) is 103 Å². The third-order valence-corrected chi connectivity index (χ3v) is 9.03. The minimum absolute atomic E-state index is 0.0358. The van der Waals surface area contributed by atoms with Gasteiger partial charge in [0.05, 0.1) is 17.1 Å². The smallest absolute Gasteiger partial charge is 0.269 e. The van der Waals surface area contributed by atoms with Crippen LogP contribution in [0.3, 0.4) is 0 Å². The molecule has 5 rings (SSSR count). The van der Waals surface area contributed by atoms with Gasteiger partial charge in [-0.05, 0) is 96.7 Å². The molecule has 0 bridgehead atoms. The highest BCUT2D eigenvalue weighted by Gasteiger charge is 2.33. The quantitative estimate of drug-likeness (QED) is 0.110. The van der Waals surface area contributed by atoms with Crippen molar-refractivity contribution in [2.75, 3.05) is 11.9 Å². The molecule has 228 valence electrons. The first-order chi connectivity index (χ1) is 21.1. The lowest BCUT2D eigenvalue weighted by Gasteiger charge is -2.33. The fourth-order valence-corrected chi connectivity index (χ4v) is 6.62. The molecule has 0 radical (unpaired) electrons. The number of amides is 1. The van der Waals surface area contributed by atoms with Gasteiger partial charge in [-0.25, -0.2) is 4.99 Å². The lowest BCUT2D eigenvalue weighted by atomic mass is 9.72. The van der Waals surface area contributed by atoms with E-state index in [1.54, 1.807) is 29.7 Å². The number of carbonyl (C=O) groups is 1. The predicted molar refractivity (Wildman–Crippen MR) is 176 cm³/mol. The van der Waals surface area contributed by atoms with Crippen molar-refractivity contribution >= 4 is 39.8 Å². The van der Waals surface area contributed by atoms with E-state index in [0.29, 0.717) is 34.6 Å². The van der Waals surface area contributed by atoms with Crippen LogP contribution < -0.4 is 14.8 Å². The number of aliphatic imine (C=N–C) groups is 1. The number of para-hydroxylation sites is 1. The highest BCUT2D eigenvalue weighted by atomic mass is 32.1. The number of nitrogens with one attached hydrogen (secondary N) is 1. The van der Waals surface area contributed by atoms with Gasteiger partial charge in [-0.15, -0.1) is 11.3 Å².